The Kier molecular flexibility index (Phi) is 6.09. The highest BCUT2D eigenvalue weighted by Crippen LogP contribution is 2.12. The Balaban J connectivity index is 2.59. The van der Waals surface area contributed by atoms with Crippen LogP contribution in [0.1, 0.15) is 19.4 Å². The number of hydrogen-bond donors (Lipinski definition) is 2. The predicted octanol–water partition coefficient (Wildman–Crippen LogP) is 2.60. The molecule has 1 aromatic rings. The third-order valence-electron chi connectivity index (χ3n) is 2.60. The lowest BCUT2D eigenvalue weighted by atomic mass is 10.1. The molecule has 98 valence electrons. The van der Waals surface area contributed by atoms with Crippen molar-refractivity contribution in [3.63, 3.8) is 0 Å². The van der Waals surface area contributed by atoms with Crippen molar-refractivity contribution in [3.05, 3.63) is 40.4 Å². The number of amides is 1. The molecule has 1 aromatic carbocycles. The van der Waals surface area contributed by atoms with Crippen LogP contribution in [-0.2, 0) is 4.79 Å². The van der Waals surface area contributed by atoms with Crippen LogP contribution in [0.3, 0.4) is 0 Å². The van der Waals surface area contributed by atoms with Crippen LogP contribution in [0.2, 0.25) is 0 Å². The van der Waals surface area contributed by atoms with Gasteiger partial charge in [0.1, 0.15) is 0 Å². The van der Waals surface area contributed by atoms with E-state index in [0.29, 0.717) is 0 Å². The van der Waals surface area contributed by atoms with Gasteiger partial charge in [-0.05, 0) is 29.7 Å². The summed E-state index contributed by atoms with van der Waals surface area (Å²) in [5.74, 6) is 0.0148. The Morgan fingerprint density at radius 3 is 2.78 bits per heavy atom. The number of nitrogens with one attached hydrogen (secondary N) is 1. The number of benzene rings is 1. The lowest BCUT2D eigenvalue weighted by molar-refractivity contribution is -0.117. The van der Waals surface area contributed by atoms with E-state index >= 15 is 0 Å². The summed E-state index contributed by atoms with van der Waals surface area (Å²) in [5, 5.41) is 11.9. The van der Waals surface area contributed by atoms with Crippen LogP contribution in [0, 0.1) is 5.92 Å². The van der Waals surface area contributed by atoms with Gasteiger partial charge in [0, 0.05) is 10.5 Å². The van der Waals surface area contributed by atoms with E-state index in [1.54, 1.807) is 6.08 Å². The first kappa shape index (κ1) is 14.9. The molecule has 0 saturated carbocycles. The Morgan fingerprint density at radius 2 is 2.22 bits per heavy atom. The summed E-state index contributed by atoms with van der Waals surface area (Å²) in [7, 11) is 0. The van der Waals surface area contributed by atoms with Gasteiger partial charge in [-0.15, -0.1) is 0 Å². The molecule has 3 nitrogen and oxygen atoms in total. The third kappa shape index (κ3) is 5.02. The normalized spacial score (nSPS) is 12.9. The molecule has 1 atom stereocenters. The average Bonchev–Trinajstić information content (AvgIpc) is 2.33. The first-order valence-electron chi connectivity index (χ1n) is 5.88. The van der Waals surface area contributed by atoms with E-state index in [1.165, 1.54) is 6.08 Å². The van der Waals surface area contributed by atoms with E-state index in [2.05, 4.69) is 21.2 Å². The summed E-state index contributed by atoms with van der Waals surface area (Å²) in [4.78, 5) is 11.7. The fraction of sp³-hybridized carbons (Fsp3) is 0.357. The Labute approximate surface area is 116 Å². The molecule has 0 aliphatic heterocycles. The maximum Gasteiger partial charge on any atom is 0.244 e. The number of carbonyl (C=O) groups excluding carboxylic acids is 1. The fourth-order valence-corrected chi connectivity index (χ4v) is 1.85. The molecule has 0 aliphatic rings. The van der Waals surface area contributed by atoms with Gasteiger partial charge in [-0.25, -0.2) is 0 Å². The molecule has 4 heteroatoms. The van der Waals surface area contributed by atoms with E-state index in [0.717, 1.165) is 10.0 Å². The molecule has 0 bridgehead atoms. The summed E-state index contributed by atoms with van der Waals surface area (Å²) in [6, 6.07) is 7.48. The molecular formula is C14H18BrNO2. The first-order chi connectivity index (χ1) is 8.52. The number of halogens is 1. The highest BCUT2D eigenvalue weighted by molar-refractivity contribution is 9.10. The molecule has 0 radical (unpaired) electrons. The van der Waals surface area contributed by atoms with E-state index < -0.39 is 0 Å². The second-order valence-corrected chi connectivity index (χ2v) is 5.35. The number of aliphatic hydroxyl groups excluding tert-OH is 1. The van der Waals surface area contributed by atoms with Gasteiger partial charge < -0.3 is 10.4 Å². The average molecular weight is 312 g/mol. The van der Waals surface area contributed by atoms with Crippen LogP contribution in [0.5, 0.6) is 0 Å². The van der Waals surface area contributed by atoms with Crippen LogP contribution < -0.4 is 5.32 Å². The second-order valence-electron chi connectivity index (χ2n) is 4.43. The van der Waals surface area contributed by atoms with E-state index in [9.17, 15) is 4.79 Å². The smallest absolute Gasteiger partial charge is 0.244 e. The lowest BCUT2D eigenvalue weighted by Gasteiger charge is -2.18. The fourth-order valence-electron chi connectivity index (χ4n) is 1.44. The number of rotatable bonds is 5. The number of hydrogen-bond acceptors (Lipinski definition) is 2. The second kappa shape index (κ2) is 7.34. The molecule has 2 N–H and O–H groups in total. The summed E-state index contributed by atoms with van der Waals surface area (Å²) in [5.41, 5.74) is 0.949. The minimum absolute atomic E-state index is 0.0475. The van der Waals surface area contributed by atoms with Crippen molar-refractivity contribution in [3.8, 4) is 0 Å². The summed E-state index contributed by atoms with van der Waals surface area (Å²) >= 11 is 3.37. The molecule has 18 heavy (non-hydrogen) atoms. The van der Waals surface area contributed by atoms with Crippen molar-refractivity contribution in [2.24, 2.45) is 5.92 Å². The summed E-state index contributed by atoms with van der Waals surface area (Å²) in [6.07, 6.45) is 3.22. The van der Waals surface area contributed by atoms with Crippen molar-refractivity contribution in [2.75, 3.05) is 6.61 Å². The molecule has 1 amide bonds. The van der Waals surface area contributed by atoms with E-state index in [4.69, 9.17) is 5.11 Å². The Morgan fingerprint density at radius 1 is 1.50 bits per heavy atom. The largest absolute Gasteiger partial charge is 0.394 e. The molecule has 0 spiro atoms. The van der Waals surface area contributed by atoms with Crippen LogP contribution >= 0.6 is 15.9 Å². The zero-order valence-corrected chi connectivity index (χ0v) is 12.1. The van der Waals surface area contributed by atoms with Gasteiger partial charge in [0.15, 0.2) is 0 Å². The summed E-state index contributed by atoms with van der Waals surface area (Å²) in [6.45, 7) is 3.87. The highest BCUT2D eigenvalue weighted by atomic mass is 79.9. The van der Waals surface area contributed by atoms with Crippen LogP contribution in [0.15, 0.2) is 34.8 Å². The van der Waals surface area contributed by atoms with E-state index in [-0.39, 0.29) is 24.5 Å². The highest BCUT2D eigenvalue weighted by Gasteiger charge is 2.13. The minimum Gasteiger partial charge on any atom is -0.394 e. The molecule has 1 unspecified atom stereocenters. The van der Waals surface area contributed by atoms with Crippen LogP contribution in [-0.4, -0.2) is 23.7 Å². The van der Waals surface area contributed by atoms with Gasteiger partial charge in [0.2, 0.25) is 5.91 Å². The predicted molar refractivity (Wildman–Crippen MR) is 77.0 cm³/mol. The van der Waals surface area contributed by atoms with Gasteiger partial charge in [-0.1, -0.05) is 41.9 Å². The standard InChI is InChI=1S/C14H18BrNO2/c1-10(2)13(9-17)16-14(18)7-6-11-4-3-5-12(15)8-11/h3-8,10,13,17H,9H2,1-2H3,(H,16,18). The molecule has 1 rings (SSSR count). The Hall–Kier alpha value is -1.13. The molecular weight excluding hydrogens is 294 g/mol. The molecule has 0 aromatic heterocycles. The first-order valence-corrected chi connectivity index (χ1v) is 6.67. The van der Waals surface area contributed by atoms with Crippen molar-refractivity contribution in [1.29, 1.82) is 0 Å². The topological polar surface area (TPSA) is 49.3 Å². The van der Waals surface area contributed by atoms with Crippen molar-refractivity contribution >= 4 is 27.9 Å². The molecule has 0 saturated heterocycles. The number of carbonyl (C=O) groups is 1. The van der Waals surface area contributed by atoms with Crippen LogP contribution in [0.25, 0.3) is 6.08 Å². The third-order valence-corrected chi connectivity index (χ3v) is 3.10. The van der Waals surface area contributed by atoms with Crippen molar-refractivity contribution in [2.45, 2.75) is 19.9 Å². The SMILES string of the molecule is CC(C)C(CO)NC(=O)C=Cc1cccc(Br)c1. The van der Waals surface area contributed by atoms with Gasteiger partial charge in [-0.2, -0.15) is 0 Å². The zero-order chi connectivity index (χ0) is 13.5. The molecule has 0 heterocycles. The van der Waals surface area contributed by atoms with Gasteiger partial charge in [-0.3, -0.25) is 4.79 Å². The summed E-state index contributed by atoms with van der Waals surface area (Å²) < 4.78 is 0.973. The number of aliphatic hydroxyl groups is 1. The quantitative estimate of drug-likeness (QED) is 0.821. The van der Waals surface area contributed by atoms with Crippen molar-refractivity contribution < 1.29 is 9.90 Å². The van der Waals surface area contributed by atoms with Gasteiger partial charge in [0.25, 0.3) is 0 Å². The van der Waals surface area contributed by atoms with Gasteiger partial charge >= 0.3 is 0 Å². The minimum atomic E-state index is -0.204. The molecule has 0 fully saturated rings. The lowest BCUT2D eigenvalue weighted by Crippen LogP contribution is -2.40. The maximum absolute atomic E-state index is 11.7. The van der Waals surface area contributed by atoms with E-state index in [1.807, 2.05) is 38.1 Å². The maximum atomic E-state index is 11.7. The molecule has 0 aliphatic carbocycles. The van der Waals surface area contributed by atoms with Crippen molar-refractivity contribution in [1.82, 2.24) is 5.32 Å². The zero-order valence-electron chi connectivity index (χ0n) is 10.6. The monoisotopic (exact) mass is 311 g/mol. The Bertz CT molecular complexity index is 430. The van der Waals surface area contributed by atoms with Crippen LogP contribution in [0.4, 0.5) is 0 Å². The van der Waals surface area contributed by atoms with Gasteiger partial charge in [0.05, 0.1) is 12.6 Å².